The smallest absolute Gasteiger partial charge is 0.336 e. The predicted octanol–water partition coefficient (Wildman–Crippen LogP) is 3.90. The molecular formula is C16H18FNO2. The zero-order chi connectivity index (χ0) is 14.9. The Balaban J connectivity index is 2.94. The Kier molecular flexibility index (Phi) is 4.02. The number of rotatable bonds is 4. The normalized spacial score (nSPS) is 11.0. The van der Waals surface area contributed by atoms with E-state index in [0.717, 1.165) is 12.0 Å². The van der Waals surface area contributed by atoms with Crippen LogP contribution in [0.25, 0.3) is 10.9 Å². The van der Waals surface area contributed by atoms with E-state index in [1.165, 1.54) is 6.07 Å². The van der Waals surface area contributed by atoms with Gasteiger partial charge in [-0.3, -0.25) is 0 Å². The van der Waals surface area contributed by atoms with Crippen molar-refractivity contribution in [3.63, 3.8) is 0 Å². The van der Waals surface area contributed by atoms with Crippen molar-refractivity contribution in [2.24, 2.45) is 0 Å². The van der Waals surface area contributed by atoms with Crippen LogP contribution in [0, 0.1) is 12.7 Å². The van der Waals surface area contributed by atoms with E-state index in [0.29, 0.717) is 29.5 Å². The minimum Gasteiger partial charge on any atom is -0.478 e. The number of pyridine rings is 1. The number of hydrogen-bond donors (Lipinski definition) is 1. The third kappa shape index (κ3) is 2.38. The first-order valence-corrected chi connectivity index (χ1v) is 6.84. The van der Waals surface area contributed by atoms with Crippen molar-refractivity contribution in [1.82, 2.24) is 4.98 Å². The summed E-state index contributed by atoms with van der Waals surface area (Å²) in [6, 6.07) is 3.09. The zero-order valence-electron chi connectivity index (χ0n) is 12.0. The monoisotopic (exact) mass is 275 g/mol. The second-order valence-electron chi connectivity index (χ2n) is 4.96. The summed E-state index contributed by atoms with van der Waals surface area (Å²) in [6.45, 7) is 5.65. The minimum absolute atomic E-state index is 0.161. The lowest BCUT2D eigenvalue weighted by molar-refractivity contribution is 0.0697. The van der Waals surface area contributed by atoms with Gasteiger partial charge in [-0.15, -0.1) is 0 Å². The molecule has 3 nitrogen and oxygen atoms in total. The first-order valence-electron chi connectivity index (χ1n) is 6.84. The van der Waals surface area contributed by atoms with Crippen molar-refractivity contribution < 1.29 is 14.3 Å². The Hall–Kier alpha value is -1.97. The molecule has 1 aromatic carbocycles. The fraction of sp³-hybridized carbons (Fsp3) is 0.375. The molecule has 0 atom stereocenters. The van der Waals surface area contributed by atoms with Gasteiger partial charge in [-0.2, -0.15) is 0 Å². The number of aromatic carboxylic acids is 1. The van der Waals surface area contributed by atoms with Gasteiger partial charge < -0.3 is 5.11 Å². The van der Waals surface area contributed by atoms with Crippen LogP contribution < -0.4 is 0 Å². The van der Waals surface area contributed by atoms with E-state index >= 15 is 0 Å². The summed E-state index contributed by atoms with van der Waals surface area (Å²) in [4.78, 5) is 16.0. The molecule has 4 heteroatoms. The molecule has 0 aliphatic heterocycles. The third-order valence-electron chi connectivity index (χ3n) is 3.43. The third-order valence-corrected chi connectivity index (χ3v) is 3.43. The molecule has 0 fully saturated rings. The van der Waals surface area contributed by atoms with Crippen LogP contribution in [0.3, 0.4) is 0 Å². The van der Waals surface area contributed by atoms with Crippen LogP contribution in [-0.4, -0.2) is 16.1 Å². The molecule has 1 heterocycles. The van der Waals surface area contributed by atoms with E-state index < -0.39 is 11.8 Å². The molecule has 1 aromatic heterocycles. The standard InChI is InChI=1S/C16H18FNO2/c1-4-6-13-10(5-2)14(16(19)20)11-7-9(3)8-12(17)15(11)18-13/h7-8H,4-6H2,1-3H3,(H,19,20). The number of hydrogen-bond acceptors (Lipinski definition) is 2. The Labute approximate surface area is 117 Å². The summed E-state index contributed by atoms with van der Waals surface area (Å²) in [5.74, 6) is -1.47. The summed E-state index contributed by atoms with van der Waals surface area (Å²) in [7, 11) is 0. The Morgan fingerprint density at radius 3 is 2.60 bits per heavy atom. The lowest BCUT2D eigenvalue weighted by Gasteiger charge is -2.14. The van der Waals surface area contributed by atoms with Crippen LogP contribution >= 0.6 is 0 Å². The lowest BCUT2D eigenvalue weighted by atomic mass is 9.95. The number of carboxylic acids is 1. The fourth-order valence-corrected chi connectivity index (χ4v) is 2.62. The molecule has 0 unspecified atom stereocenters. The maximum absolute atomic E-state index is 14.1. The molecule has 20 heavy (non-hydrogen) atoms. The van der Waals surface area contributed by atoms with Gasteiger partial charge in [0.1, 0.15) is 11.3 Å². The van der Waals surface area contributed by atoms with Gasteiger partial charge in [0.25, 0.3) is 0 Å². The molecular weight excluding hydrogens is 257 g/mol. The van der Waals surface area contributed by atoms with Gasteiger partial charge in [0.2, 0.25) is 0 Å². The minimum atomic E-state index is -1.02. The summed E-state index contributed by atoms with van der Waals surface area (Å²) in [6.07, 6.45) is 2.08. The highest BCUT2D eigenvalue weighted by atomic mass is 19.1. The SMILES string of the molecule is CCCc1nc2c(F)cc(C)cc2c(C(=O)O)c1CC. The molecule has 2 rings (SSSR count). The number of nitrogens with zero attached hydrogens (tertiary/aromatic N) is 1. The van der Waals surface area contributed by atoms with Crippen molar-refractivity contribution in [1.29, 1.82) is 0 Å². The van der Waals surface area contributed by atoms with Gasteiger partial charge in [-0.1, -0.05) is 20.3 Å². The van der Waals surface area contributed by atoms with Crippen LogP contribution in [0.1, 0.15) is 47.4 Å². The summed E-state index contributed by atoms with van der Waals surface area (Å²) in [5.41, 5.74) is 2.47. The second kappa shape index (κ2) is 5.57. The number of aryl methyl sites for hydroxylation is 2. The van der Waals surface area contributed by atoms with E-state index in [1.54, 1.807) is 13.0 Å². The van der Waals surface area contributed by atoms with Gasteiger partial charge in [0.15, 0.2) is 0 Å². The van der Waals surface area contributed by atoms with Crippen LogP contribution in [0.5, 0.6) is 0 Å². The average Bonchev–Trinajstić information content (AvgIpc) is 2.38. The topological polar surface area (TPSA) is 50.2 Å². The van der Waals surface area contributed by atoms with Crippen LogP contribution in [0.2, 0.25) is 0 Å². The van der Waals surface area contributed by atoms with E-state index in [-0.39, 0.29) is 11.1 Å². The number of carbonyl (C=O) groups is 1. The number of benzene rings is 1. The molecule has 0 aliphatic rings. The van der Waals surface area contributed by atoms with E-state index in [2.05, 4.69) is 4.98 Å². The Bertz CT molecular complexity index is 680. The Morgan fingerprint density at radius 1 is 1.35 bits per heavy atom. The molecule has 0 aliphatic carbocycles. The van der Waals surface area contributed by atoms with Gasteiger partial charge in [0, 0.05) is 11.1 Å². The predicted molar refractivity (Wildman–Crippen MR) is 76.8 cm³/mol. The number of fused-ring (bicyclic) bond motifs is 1. The maximum atomic E-state index is 14.1. The molecule has 0 saturated carbocycles. The van der Waals surface area contributed by atoms with E-state index in [4.69, 9.17) is 0 Å². The van der Waals surface area contributed by atoms with Crippen molar-refractivity contribution in [2.45, 2.75) is 40.0 Å². The number of carboxylic acid groups (broad SMARTS) is 1. The largest absolute Gasteiger partial charge is 0.478 e. The first-order chi connectivity index (χ1) is 9.49. The fourth-order valence-electron chi connectivity index (χ4n) is 2.62. The maximum Gasteiger partial charge on any atom is 0.336 e. The molecule has 0 bridgehead atoms. The van der Waals surface area contributed by atoms with E-state index in [1.807, 2.05) is 13.8 Å². The molecule has 0 amide bonds. The average molecular weight is 275 g/mol. The highest BCUT2D eigenvalue weighted by Crippen LogP contribution is 2.28. The molecule has 0 spiro atoms. The van der Waals surface area contributed by atoms with Gasteiger partial charge in [-0.25, -0.2) is 14.2 Å². The molecule has 1 N–H and O–H groups in total. The highest BCUT2D eigenvalue weighted by Gasteiger charge is 2.20. The van der Waals surface area contributed by atoms with Gasteiger partial charge >= 0.3 is 5.97 Å². The van der Waals surface area contributed by atoms with Crippen molar-refractivity contribution in [3.8, 4) is 0 Å². The summed E-state index contributed by atoms with van der Waals surface area (Å²) < 4.78 is 14.1. The highest BCUT2D eigenvalue weighted by molar-refractivity contribution is 6.04. The quantitative estimate of drug-likeness (QED) is 0.920. The second-order valence-corrected chi connectivity index (χ2v) is 4.96. The van der Waals surface area contributed by atoms with Crippen molar-refractivity contribution in [2.75, 3.05) is 0 Å². The lowest BCUT2D eigenvalue weighted by Crippen LogP contribution is -2.10. The zero-order valence-corrected chi connectivity index (χ0v) is 12.0. The van der Waals surface area contributed by atoms with Crippen molar-refractivity contribution >= 4 is 16.9 Å². The Morgan fingerprint density at radius 2 is 2.05 bits per heavy atom. The molecule has 0 saturated heterocycles. The number of aromatic nitrogens is 1. The van der Waals surface area contributed by atoms with Gasteiger partial charge in [-0.05, 0) is 43.0 Å². The number of halogens is 1. The summed E-state index contributed by atoms with van der Waals surface area (Å²) >= 11 is 0. The molecule has 0 radical (unpaired) electrons. The van der Waals surface area contributed by atoms with Gasteiger partial charge in [0.05, 0.1) is 5.56 Å². The molecule has 2 aromatic rings. The van der Waals surface area contributed by atoms with Crippen LogP contribution in [0.4, 0.5) is 4.39 Å². The van der Waals surface area contributed by atoms with E-state index in [9.17, 15) is 14.3 Å². The van der Waals surface area contributed by atoms with Crippen LogP contribution in [-0.2, 0) is 12.8 Å². The first kappa shape index (κ1) is 14.4. The molecule has 106 valence electrons. The van der Waals surface area contributed by atoms with Crippen LogP contribution in [0.15, 0.2) is 12.1 Å². The summed E-state index contributed by atoms with van der Waals surface area (Å²) in [5, 5.41) is 9.91. The van der Waals surface area contributed by atoms with Crippen molar-refractivity contribution in [3.05, 3.63) is 40.3 Å².